The lowest BCUT2D eigenvalue weighted by atomic mass is 9.61. The Balaban J connectivity index is 1.69. The van der Waals surface area contributed by atoms with Crippen LogP contribution in [-0.2, 0) is 14.3 Å². The second-order valence-electron chi connectivity index (χ2n) is 12.0. The summed E-state index contributed by atoms with van der Waals surface area (Å²) >= 11 is 0. The number of carbonyl (C=O) groups is 2. The number of ketones is 1. The predicted octanol–water partition coefficient (Wildman–Crippen LogP) is 6.23. The molecule has 0 saturated heterocycles. The first kappa shape index (κ1) is 29.4. The summed E-state index contributed by atoms with van der Waals surface area (Å²) in [6.07, 6.45) is 13.0. The van der Waals surface area contributed by atoms with Gasteiger partial charge >= 0.3 is 6.16 Å². The Morgan fingerprint density at radius 3 is 2.68 bits per heavy atom. The molecule has 3 aliphatic carbocycles. The Hall–Kier alpha value is -2.18. The topological polar surface area (TPSA) is 93.1 Å². The predicted molar refractivity (Wildman–Crippen MR) is 145 cm³/mol. The van der Waals surface area contributed by atoms with Crippen LogP contribution in [0.15, 0.2) is 47.6 Å². The molecule has 3 aliphatic rings. The molecule has 6 atom stereocenters. The number of fused-ring (bicyclic) bond motifs is 1. The third-order valence-corrected chi connectivity index (χ3v) is 8.84. The first-order chi connectivity index (χ1) is 17.4. The normalized spacial score (nSPS) is 33.5. The molecule has 0 bridgehead atoms. The molecule has 0 heterocycles. The van der Waals surface area contributed by atoms with Crippen LogP contribution in [0.1, 0.15) is 86.0 Å². The Morgan fingerprint density at radius 1 is 1.24 bits per heavy atom. The average molecular weight is 515 g/mol. The highest BCUT2D eigenvalue weighted by Crippen LogP contribution is 2.59. The molecule has 0 aromatic rings. The molecule has 37 heavy (non-hydrogen) atoms. The fourth-order valence-electron chi connectivity index (χ4n) is 6.66. The van der Waals surface area contributed by atoms with E-state index in [9.17, 15) is 19.8 Å². The maximum absolute atomic E-state index is 12.8. The summed E-state index contributed by atoms with van der Waals surface area (Å²) in [4.78, 5) is 24.7. The summed E-state index contributed by atoms with van der Waals surface area (Å²) in [5.41, 5.74) is 1.98. The monoisotopic (exact) mass is 514 g/mol. The molecule has 0 aromatic carbocycles. The van der Waals surface area contributed by atoms with Crippen LogP contribution in [-0.4, -0.2) is 46.6 Å². The Kier molecular flexibility index (Phi) is 9.62. The fourth-order valence-corrected chi connectivity index (χ4v) is 6.66. The van der Waals surface area contributed by atoms with Gasteiger partial charge in [0, 0.05) is 6.42 Å². The SMILES string of the molecule is C=C1/C(=C\C=C2/CCC[C@]3(C)[C@@H]([C@H](C)/C=C/C(=O)C(C)(C)OC(=O)OCCC)CC[C@@H]23)C[C@@H](O)C[C@@H]1O. The van der Waals surface area contributed by atoms with E-state index in [1.807, 2.05) is 13.0 Å². The van der Waals surface area contributed by atoms with E-state index in [1.165, 1.54) is 5.57 Å². The van der Waals surface area contributed by atoms with Gasteiger partial charge < -0.3 is 19.7 Å². The van der Waals surface area contributed by atoms with E-state index in [4.69, 9.17) is 9.47 Å². The van der Waals surface area contributed by atoms with Crippen LogP contribution in [0, 0.1) is 23.2 Å². The van der Waals surface area contributed by atoms with Gasteiger partial charge in [0.05, 0.1) is 18.8 Å². The molecule has 3 rings (SSSR count). The van der Waals surface area contributed by atoms with Gasteiger partial charge in [0.1, 0.15) is 0 Å². The number of allylic oxidation sites excluding steroid dienone is 4. The molecule has 3 fully saturated rings. The number of aliphatic hydroxyl groups is 2. The second-order valence-corrected chi connectivity index (χ2v) is 12.0. The van der Waals surface area contributed by atoms with Crippen molar-refractivity contribution in [3.8, 4) is 0 Å². The molecule has 6 heteroatoms. The molecule has 0 spiro atoms. The number of rotatable bonds is 8. The van der Waals surface area contributed by atoms with Gasteiger partial charge in [0.25, 0.3) is 0 Å². The van der Waals surface area contributed by atoms with Crippen LogP contribution >= 0.6 is 0 Å². The van der Waals surface area contributed by atoms with Gasteiger partial charge in [-0.25, -0.2) is 4.79 Å². The highest BCUT2D eigenvalue weighted by atomic mass is 16.7. The van der Waals surface area contributed by atoms with Crippen molar-refractivity contribution in [3.63, 3.8) is 0 Å². The van der Waals surface area contributed by atoms with Crippen LogP contribution in [0.2, 0.25) is 0 Å². The van der Waals surface area contributed by atoms with Gasteiger partial charge in [-0.3, -0.25) is 4.79 Å². The van der Waals surface area contributed by atoms with Crippen LogP contribution in [0.25, 0.3) is 0 Å². The molecular formula is C31H46O6. The fraction of sp³-hybridized carbons (Fsp3) is 0.677. The molecule has 0 amide bonds. The van der Waals surface area contributed by atoms with Gasteiger partial charge in [-0.15, -0.1) is 0 Å². The van der Waals surface area contributed by atoms with Crippen LogP contribution < -0.4 is 0 Å². The zero-order chi connectivity index (χ0) is 27.4. The minimum atomic E-state index is -1.28. The summed E-state index contributed by atoms with van der Waals surface area (Å²) in [5.74, 6) is 0.891. The van der Waals surface area contributed by atoms with Crippen molar-refractivity contribution in [3.05, 3.63) is 47.6 Å². The first-order valence-corrected chi connectivity index (χ1v) is 13.9. The maximum atomic E-state index is 12.8. The van der Waals surface area contributed by atoms with Crippen molar-refractivity contribution in [2.45, 2.75) is 104 Å². The van der Waals surface area contributed by atoms with E-state index < -0.39 is 24.0 Å². The Morgan fingerprint density at radius 2 is 1.97 bits per heavy atom. The van der Waals surface area contributed by atoms with Gasteiger partial charge in [-0.2, -0.15) is 0 Å². The highest BCUT2D eigenvalue weighted by Gasteiger charge is 2.50. The van der Waals surface area contributed by atoms with Gasteiger partial charge in [0.2, 0.25) is 0 Å². The minimum Gasteiger partial charge on any atom is -0.434 e. The summed E-state index contributed by atoms with van der Waals surface area (Å²) < 4.78 is 10.2. The number of hydrogen-bond acceptors (Lipinski definition) is 6. The van der Waals surface area contributed by atoms with Gasteiger partial charge in [-0.05, 0) is 99.2 Å². The first-order valence-electron chi connectivity index (χ1n) is 13.9. The molecule has 6 nitrogen and oxygen atoms in total. The standard InChI is InChI=1S/C31H46O6/c1-7-17-36-29(35)37-30(4,5)28(34)15-10-20(2)25-13-14-26-22(9-8-16-31(25,26)6)11-12-23-18-24(32)19-27(33)21(23)3/h10-12,15,20,24-27,32-33H,3,7-9,13-14,16-19H2,1-2,4-6H3/b15-10+,22-11+,23-12-/t20-,24-,25-,26+,27+,31-/m1/s1. The molecule has 2 N–H and O–H groups in total. The van der Waals surface area contributed by atoms with E-state index in [1.54, 1.807) is 19.9 Å². The number of carbonyl (C=O) groups excluding carboxylic acids is 2. The molecule has 0 aliphatic heterocycles. The summed E-state index contributed by atoms with van der Waals surface area (Å²) in [7, 11) is 0. The molecular weight excluding hydrogens is 468 g/mol. The molecule has 0 unspecified atom stereocenters. The van der Waals surface area contributed by atoms with Crippen molar-refractivity contribution in [2.75, 3.05) is 6.61 Å². The van der Waals surface area contributed by atoms with E-state index in [0.717, 1.165) is 43.3 Å². The minimum absolute atomic E-state index is 0.147. The van der Waals surface area contributed by atoms with Crippen LogP contribution in [0.5, 0.6) is 0 Å². The number of hydrogen-bond donors (Lipinski definition) is 2. The zero-order valence-corrected chi connectivity index (χ0v) is 23.3. The van der Waals surface area contributed by atoms with E-state index in [2.05, 4.69) is 32.6 Å². The quantitative estimate of drug-likeness (QED) is 0.295. The van der Waals surface area contributed by atoms with Crippen molar-refractivity contribution in [1.29, 1.82) is 0 Å². The molecule has 0 radical (unpaired) electrons. The number of aliphatic hydroxyl groups excluding tert-OH is 2. The van der Waals surface area contributed by atoms with E-state index in [0.29, 0.717) is 31.1 Å². The lowest BCUT2D eigenvalue weighted by Gasteiger charge is -2.44. The lowest BCUT2D eigenvalue weighted by Crippen LogP contribution is -2.37. The molecule has 206 valence electrons. The molecule has 3 saturated carbocycles. The highest BCUT2D eigenvalue weighted by molar-refractivity contribution is 5.97. The van der Waals surface area contributed by atoms with Crippen molar-refractivity contribution in [1.82, 2.24) is 0 Å². The van der Waals surface area contributed by atoms with E-state index >= 15 is 0 Å². The van der Waals surface area contributed by atoms with Crippen LogP contribution in [0.4, 0.5) is 4.79 Å². The lowest BCUT2D eigenvalue weighted by molar-refractivity contribution is -0.131. The second kappa shape index (κ2) is 12.1. The molecule has 0 aromatic heterocycles. The maximum Gasteiger partial charge on any atom is 0.509 e. The third-order valence-electron chi connectivity index (χ3n) is 8.84. The van der Waals surface area contributed by atoms with Gasteiger partial charge in [-0.1, -0.05) is 51.2 Å². The Bertz CT molecular complexity index is 957. The van der Waals surface area contributed by atoms with Gasteiger partial charge in [0.15, 0.2) is 11.4 Å². The largest absolute Gasteiger partial charge is 0.509 e. The smallest absolute Gasteiger partial charge is 0.434 e. The summed E-state index contributed by atoms with van der Waals surface area (Å²) in [6, 6.07) is 0. The van der Waals surface area contributed by atoms with Crippen LogP contribution in [0.3, 0.4) is 0 Å². The van der Waals surface area contributed by atoms with Crippen molar-refractivity contribution >= 4 is 11.9 Å². The average Bonchev–Trinajstić information content (AvgIpc) is 3.19. The zero-order valence-electron chi connectivity index (χ0n) is 23.3. The summed E-state index contributed by atoms with van der Waals surface area (Å²) in [6.45, 7) is 14.0. The van der Waals surface area contributed by atoms with E-state index in [-0.39, 0.29) is 23.7 Å². The Labute approximate surface area is 222 Å². The third kappa shape index (κ3) is 6.83. The number of ether oxygens (including phenoxy) is 2. The van der Waals surface area contributed by atoms with Crippen molar-refractivity contribution < 1.29 is 29.3 Å². The summed E-state index contributed by atoms with van der Waals surface area (Å²) in [5, 5.41) is 20.3. The van der Waals surface area contributed by atoms with Crippen molar-refractivity contribution in [2.24, 2.45) is 23.2 Å².